The van der Waals surface area contributed by atoms with E-state index < -0.39 is 0 Å². The number of nitrogens with zero attached hydrogens (tertiary/aromatic N) is 1. The highest BCUT2D eigenvalue weighted by Crippen LogP contribution is 2.41. The van der Waals surface area contributed by atoms with Crippen molar-refractivity contribution in [1.82, 2.24) is 0 Å². The average molecular weight is 229 g/mol. The van der Waals surface area contributed by atoms with Gasteiger partial charge in [-0.1, -0.05) is 12.1 Å². The molecule has 2 aliphatic rings. The summed E-state index contributed by atoms with van der Waals surface area (Å²) in [5.41, 5.74) is 3.30. The molecule has 16 heavy (non-hydrogen) atoms. The monoisotopic (exact) mass is 229 g/mol. The molecule has 0 radical (unpaired) electrons. The van der Waals surface area contributed by atoms with Crippen molar-refractivity contribution in [3.63, 3.8) is 0 Å². The summed E-state index contributed by atoms with van der Waals surface area (Å²) in [5.74, 6) is 0.201. The van der Waals surface area contributed by atoms with Crippen molar-refractivity contribution in [1.29, 1.82) is 0 Å². The largest absolute Gasteiger partial charge is 0.295 e. The first-order valence-electron chi connectivity index (χ1n) is 5.30. The van der Waals surface area contributed by atoms with Crippen molar-refractivity contribution in [2.75, 3.05) is 0 Å². The average Bonchev–Trinajstić information content (AvgIpc) is 2.27. The molecule has 3 heteroatoms. The molecule has 80 valence electrons. The summed E-state index contributed by atoms with van der Waals surface area (Å²) in [6.45, 7) is 2.07. The third-order valence-corrected chi connectivity index (χ3v) is 4.14. The summed E-state index contributed by atoms with van der Waals surface area (Å²) in [7, 11) is 0. The van der Waals surface area contributed by atoms with Gasteiger partial charge in [0, 0.05) is 11.3 Å². The van der Waals surface area contributed by atoms with Gasteiger partial charge in [0.15, 0.2) is 5.78 Å². The maximum atomic E-state index is 11.3. The first kappa shape index (κ1) is 9.85. The summed E-state index contributed by atoms with van der Waals surface area (Å²) in [5, 5.41) is 0.215. The number of thioether (sulfide) groups is 1. The van der Waals surface area contributed by atoms with Gasteiger partial charge in [0.25, 0.3) is 0 Å². The van der Waals surface area contributed by atoms with Crippen LogP contribution in [0.1, 0.15) is 12.0 Å². The van der Waals surface area contributed by atoms with Crippen molar-refractivity contribution in [2.24, 2.45) is 4.99 Å². The molecule has 0 fully saturated rings. The first-order chi connectivity index (χ1) is 7.74. The first-order valence-corrected chi connectivity index (χ1v) is 6.18. The molecule has 0 saturated heterocycles. The molecule has 2 nitrogen and oxygen atoms in total. The van der Waals surface area contributed by atoms with Crippen LogP contribution in [0.25, 0.3) is 0 Å². The summed E-state index contributed by atoms with van der Waals surface area (Å²) >= 11 is 1.76. The standard InChI is InChI=1S/C13H11NOS/c1-8-3-2-4-11-13(8)14-10-6-5-9(15)7-12(10)16-11/h2-6,12H,7H2,1H3. The van der Waals surface area contributed by atoms with Gasteiger partial charge < -0.3 is 0 Å². The summed E-state index contributed by atoms with van der Waals surface area (Å²) < 4.78 is 0. The number of hydrogen-bond donors (Lipinski definition) is 0. The predicted octanol–water partition coefficient (Wildman–Crippen LogP) is 3.07. The molecule has 0 amide bonds. The van der Waals surface area contributed by atoms with Crippen LogP contribution in [-0.2, 0) is 4.79 Å². The summed E-state index contributed by atoms with van der Waals surface area (Å²) in [6.07, 6.45) is 4.07. The van der Waals surface area contributed by atoms with E-state index in [0.717, 1.165) is 11.4 Å². The zero-order valence-electron chi connectivity index (χ0n) is 8.93. The van der Waals surface area contributed by atoms with Gasteiger partial charge in [-0.2, -0.15) is 0 Å². The topological polar surface area (TPSA) is 29.4 Å². The molecule has 1 heterocycles. The molecule has 0 N–H and O–H groups in total. The zero-order chi connectivity index (χ0) is 11.1. The Kier molecular flexibility index (Phi) is 2.21. The number of aryl methyl sites for hydroxylation is 1. The Morgan fingerprint density at radius 3 is 3.12 bits per heavy atom. The van der Waals surface area contributed by atoms with Crippen LogP contribution in [0, 0.1) is 6.92 Å². The molecule has 0 saturated carbocycles. The Balaban J connectivity index is 2.12. The number of fused-ring (bicyclic) bond motifs is 2. The number of allylic oxidation sites excluding steroid dienone is 2. The van der Waals surface area contributed by atoms with E-state index in [-0.39, 0.29) is 11.0 Å². The van der Waals surface area contributed by atoms with Crippen LogP contribution in [0.15, 0.2) is 40.2 Å². The minimum atomic E-state index is 0.201. The zero-order valence-corrected chi connectivity index (χ0v) is 9.75. The number of hydrogen-bond acceptors (Lipinski definition) is 3. The van der Waals surface area contributed by atoms with Crippen molar-refractivity contribution >= 4 is 28.9 Å². The van der Waals surface area contributed by atoms with Gasteiger partial charge in [-0.3, -0.25) is 9.79 Å². The smallest absolute Gasteiger partial charge is 0.157 e. The van der Waals surface area contributed by atoms with Gasteiger partial charge in [-0.05, 0) is 30.7 Å². The van der Waals surface area contributed by atoms with Crippen molar-refractivity contribution in [3.8, 4) is 0 Å². The number of aliphatic imine (C=N–C) groups is 1. The SMILES string of the molecule is Cc1cccc2c1N=C1C=CC(=O)CC1S2. The quantitative estimate of drug-likeness (QED) is 0.684. The Hall–Kier alpha value is -1.35. The van der Waals surface area contributed by atoms with E-state index in [9.17, 15) is 4.79 Å². The number of carbonyl (C=O) groups is 1. The van der Waals surface area contributed by atoms with Gasteiger partial charge in [0.05, 0.1) is 16.6 Å². The lowest BCUT2D eigenvalue weighted by Crippen LogP contribution is -2.24. The maximum Gasteiger partial charge on any atom is 0.157 e. The fourth-order valence-corrected chi connectivity index (χ4v) is 3.29. The fraction of sp³-hybridized carbons (Fsp3) is 0.231. The number of rotatable bonds is 0. The second kappa shape index (κ2) is 3.59. The molecular weight excluding hydrogens is 218 g/mol. The molecule has 1 aliphatic carbocycles. The van der Waals surface area contributed by atoms with E-state index in [1.807, 2.05) is 12.1 Å². The summed E-state index contributed by atoms with van der Waals surface area (Å²) in [6, 6.07) is 6.19. The maximum absolute atomic E-state index is 11.3. The van der Waals surface area contributed by atoms with E-state index >= 15 is 0 Å². The molecule has 3 rings (SSSR count). The van der Waals surface area contributed by atoms with Gasteiger partial charge >= 0.3 is 0 Å². The highest BCUT2D eigenvalue weighted by molar-refractivity contribution is 8.01. The highest BCUT2D eigenvalue weighted by atomic mass is 32.2. The number of para-hydroxylation sites is 1. The van der Waals surface area contributed by atoms with Crippen LogP contribution in [-0.4, -0.2) is 16.7 Å². The van der Waals surface area contributed by atoms with E-state index in [2.05, 4.69) is 24.0 Å². The molecule has 1 aromatic rings. The summed E-state index contributed by atoms with van der Waals surface area (Å²) in [4.78, 5) is 17.2. The van der Waals surface area contributed by atoms with E-state index in [1.165, 1.54) is 10.5 Å². The van der Waals surface area contributed by atoms with Crippen LogP contribution in [0.3, 0.4) is 0 Å². The number of ketones is 1. The van der Waals surface area contributed by atoms with Crippen molar-refractivity contribution in [2.45, 2.75) is 23.5 Å². The minimum absolute atomic E-state index is 0.201. The third-order valence-electron chi connectivity index (χ3n) is 2.87. The highest BCUT2D eigenvalue weighted by Gasteiger charge is 2.27. The van der Waals surface area contributed by atoms with Crippen LogP contribution in [0.2, 0.25) is 0 Å². The molecule has 0 aromatic heterocycles. The van der Waals surface area contributed by atoms with Crippen LogP contribution < -0.4 is 0 Å². The van der Waals surface area contributed by atoms with Gasteiger partial charge in [0.1, 0.15) is 0 Å². The van der Waals surface area contributed by atoms with Crippen molar-refractivity contribution in [3.05, 3.63) is 35.9 Å². The molecule has 1 aromatic carbocycles. The van der Waals surface area contributed by atoms with Gasteiger partial charge in [-0.25, -0.2) is 0 Å². The molecule has 1 aliphatic heterocycles. The lowest BCUT2D eigenvalue weighted by Gasteiger charge is -2.25. The van der Waals surface area contributed by atoms with Crippen LogP contribution in [0.5, 0.6) is 0 Å². The molecular formula is C13H11NOS. The molecule has 0 spiro atoms. The van der Waals surface area contributed by atoms with Gasteiger partial charge in [-0.15, -0.1) is 11.8 Å². The Morgan fingerprint density at radius 1 is 1.38 bits per heavy atom. The van der Waals surface area contributed by atoms with Gasteiger partial charge in [0.2, 0.25) is 0 Å². The normalized spacial score (nSPS) is 22.4. The van der Waals surface area contributed by atoms with E-state index in [4.69, 9.17) is 0 Å². The fourth-order valence-electron chi connectivity index (χ4n) is 2.01. The third kappa shape index (κ3) is 1.52. The van der Waals surface area contributed by atoms with Crippen LogP contribution in [0.4, 0.5) is 5.69 Å². The molecule has 1 atom stereocenters. The van der Waals surface area contributed by atoms with E-state index in [1.54, 1.807) is 17.8 Å². The lowest BCUT2D eigenvalue weighted by atomic mass is 10.0. The van der Waals surface area contributed by atoms with E-state index in [0.29, 0.717) is 6.42 Å². The molecule has 0 bridgehead atoms. The predicted molar refractivity (Wildman–Crippen MR) is 66.7 cm³/mol. The Bertz CT molecular complexity index is 531. The number of benzene rings is 1. The molecule has 1 unspecified atom stereocenters. The Labute approximate surface area is 98.5 Å². The van der Waals surface area contributed by atoms with Crippen molar-refractivity contribution < 1.29 is 4.79 Å². The Morgan fingerprint density at radius 2 is 2.25 bits per heavy atom. The lowest BCUT2D eigenvalue weighted by molar-refractivity contribution is -0.114. The second-order valence-corrected chi connectivity index (χ2v) is 5.31. The minimum Gasteiger partial charge on any atom is -0.295 e. The number of carbonyl (C=O) groups excluding carboxylic acids is 1. The van der Waals surface area contributed by atoms with Crippen LogP contribution >= 0.6 is 11.8 Å². The second-order valence-electron chi connectivity index (χ2n) is 4.07.